The Morgan fingerprint density at radius 1 is 0.938 bits per heavy atom. The van der Waals surface area contributed by atoms with Gasteiger partial charge in [0.25, 0.3) is 0 Å². The zero-order chi connectivity index (χ0) is 23.2. The zero-order valence-corrected chi connectivity index (χ0v) is 17.2. The summed E-state index contributed by atoms with van der Waals surface area (Å²) in [5.41, 5.74) is -0.284. The highest BCUT2D eigenvalue weighted by atomic mass is 19.4. The molecule has 0 amide bonds. The van der Waals surface area contributed by atoms with Gasteiger partial charge >= 0.3 is 6.36 Å². The van der Waals surface area contributed by atoms with Crippen molar-refractivity contribution in [2.75, 3.05) is 0 Å². The van der Waals surface area contributed by atoms with Gasteiger partial charge in [-0.15, -0.1) is 13.2 Å². The molecule has 1 nitrogen and oxygen atoms in total. The van der Waals surface area contributed by atoms with Crippen molar-refractivity contribution < 1.29 is 35.5 Å². The van der Waals surface area contributed by atoms with Crippen LogP contribution in [0, 0.1) is 35.1 Å². The molecule has 32 heavy (non-hydrogen) atoms. The van der Waals surface area contributed by atoms with E-state index in [0.717, 1.165) is 25.7 Å². The van der Waals surface area contributed by atoms with Crippen LogP contribution < -0.4 is 4.74 Å². The van der Waals surface area contributed by atoms with Crippen LogP contribution in [0.25, 0.3) is 11.1 Å². The van der Waals surface area contributed by atoms with Crippen LogP contribution in [0.2, 0.25) is 0 Å². The molecular formula is C24H21F7O. The summed E-state index contributed by atoms with van der Waals surface area (Å²) in [7, 11) is 0. The molecule has 1 fully saturated rings. The summed E-state index contributed by atoms with van der Waals surface area (Å²) in [5, 5.41) is 0. The van der Waals surface area contributed by atoms with Crippen molar-refractivity contribution in [1.82, 2.24) is 0 Å². The summed E-state index contributed by atoms with van der Waals surface area (Å²) < 4.78 is 99.1. The van der Waals surface area contributed by atoms with E-state index in [1.165, 1.54) is 6.07 Å². The van der Waals surface area contributed by atoms with Crippen molar-refractivity contribution in [1.29, 1.82) is 0 Å². The molecule has 2 aromatic carbocycles. The normalized spacial score (nSPS) is 23.2. The molecule has 2 aliphatic carbocycles. The van der Waals surface area contributed by atoms with E-state index in [1.807, 2.05) is 13.0 Å². The molecule has 2 aromatic rings. The number of hydrogen-bond donors (Lipinski definition) is 0. The lowest BCUT2D eigenvalue weighted by atomic mass is 9.65. The molecule has 4 rings (SSSR count). The number of hydrogen-bond acceptors (Lipinski definition) is 1. The summed E-state index contributed by atoms with van der Waals surface area (Å²) in [6.45, 7) is 1.96. The smallest absolute Gasteiger partial charge is 0.399 e. The molecule has 0 radical (unpaired) electrons. The number of fused-ring (bicyclic) bond motifs is 3. The lowest BCUT2D eigenvalue weighted by Crippen LogP contribution is -2.28. The Morgan fingerprint density at radius 3 is 2.25 bits per heavy atom. The second-order valence-corrected chi connectivity index (χ2v) is 8.44. The maximum Gasteiger partial charge on any atom is 0.573 e. The van der Waals surface area contributed by atoms with Gasteiger partial charge in [-0.3, -0.25) is 0 Å². The second-order valence-electron chi connectivity index (χ2n) is 8.44. The molecule has 0 N–H and O–H groups in total. The van der Waals surface area contributed by atoms with Crippen LogP contribution in [-0.2, 0) is 6.42 Å². The molecular weight excluding hydrogens is 437 g/mol. The van der Waals surface area contributed by atoms with Crippen LogP contribution >= 0.6 is 0 Å². The standard InChI is InChI=1S/C24H21F7O/c1-2-3-12-4-6-15-13(8-12)5-7-16-17(15)11-18(25)21(22(16)28)14-9-19(26)23(20(27)10-14)32-24(29,30)31/h2-3,9-13,15H,4-8H2,1H3/b3-2+. The first-order valence-corrected chi connectivity index (χ1v) is 10.5. The van der Waals surface area contributed by atoms with E-state index < -0.39 is 46.5 Å². The number of halogens is 7. The average Bonchev–Trinajstić information content (AvgIpc) is 2.70. The minimum Gasteiger partial charge on any atom is -0.399 e. The molecule has 0 bridgehead atoms. The summed E-state index contributed by atoms with van der Waals surface area (Å²) in [6, 6.07) is 2.12. The van der Waals surface area contributed by atoms with Gasteiger partial charge in [0.05, 0.1) is 5.56 Å². The van der Waals surface area contributed by atoms with E-state index in [9.17, 15) is 22.0 Å². The molecule has 0 aromatic heterocycles. The predicted molar refractivity (Wildman–Crippen MR) is 105 cm³/mol. The Hall–Kier alpha value is -2.51. The molecule has 0 spiro atoms. The monoisotopic (exact) mass is 458 g/mol. The molecule has 2 aliphatic rings. The largest absolute Gasteiger partial charge is 0.573 e. The number of ether oxygens (including phenoxy) is 1. The summed E-state index contributed by atoms with van der Waals surface area (Å²) in [6.07, 6.45) is 2.57. The summed E-state index contributed by atoms with van der Waals surface area (Å²) >= 11 is 0. The molecule has 3 unspecified atom stereocenters. The Kier molecular flexibility index (Phi) is 5.98. The maximum absolute atomic E-state index is 15.4. The third-order valence-corrected chi connectivity index (χ3v) is 6.51. The minimum absolute atomic E-state index is 0.00865. The van der Waals surface area contributed by atoms with Gasteiger partial charge in [0, 0.05) is 0 Å². The fourth-order valence-electron chi connectivity index (χ4n) is 5.25. The highest BCUT2D eigenvalue weighted by Crippen LogP contribution is 2.49. The first kappa shape index (κ1) is 22.7. The number of rotatable bonds is 3. The fourth-order valence-corrected chi connectivity index (χ4v) is 5.25. The Morgan fingerprint density at radius 2 is 1.62 bits per heavy atom. The van der Waals surface area contributed by atoms with Gasteiger partial charge in [0.1, 0.15) is 11.6 Å². The molecule has 172 valence electrons. The van der Waals surface area contributed by atoms with Gasteiger partial charge in [-0.2, -0.15) is 0 Å². The van der Waals surface area contributed by atoms with Crippen LogP contribution in [0.15, 0.2) is 30.4 Å². The van der Waals surface area contributed by atoms with Crippen molar-refractivity contribution in [2.45, 2.75) is 51.3 Å². The van der Waals surface area contributed by atoms with E-state index in [2.05, 4.69) is 10.8 Å². The third kappa shape index (κ3) is 4.24. The van der Waals surface area contributed by atoms with Crippen LogP contribution in [0.5, 0.6) is 5.75 Å². The van der Waals surface area contributed by atoms with Crippen LogP contribution in [0.4, 0.5) is 30.7 Å². The van der Waals surface area contributed by atoms with Crippen LogP contribution in [-0.4, -0.2) is 6.36 Å². The lowest BCUT2D eigenvalue weighted by molar-refractivity contribution is -0.276. The minimum atomic E-state index is -5.31. The van der Waals surface area contributed by atoms with Gasteiger partial charge in [-0.1, -0.05) is 12.2 Å². The Bertz CT molecular complexity index is 1030. The van der Waals surface area contributed by atoms with Gasteiger partial charge < -0.3 is 4.74 Å². The molecule has 3 atom stereocenters. The van der Waals surface area contributed by atoms with E-state index in [1.54, 1.807) is 0 Å². The maximum atomic E-state index is 15.4. The molecule has 8 heteroatoms. The number of alkyl halides is 3. The van der Waals surface area contributed by atoms with Crippen molar-refractivity contribution >= 4 is 0 Å². The third-order valence-electron chi connectivity index (χ3n) is 6.51. The quantitative estimate of drug-likeness (QED) is 0.336. The highest BCUT2D eigenvalue weighted by molar-refractivity contribution is 5.68. The SMILES string of the molecule is C/C=C/C1CCC2c3cc(F)c(-c4cc(F)c(OC(F)(F)F)c(F)c4)c(F)c3CCC2C1. The molecule has 0 saturated heterocycles. The number of allylic oxidation sites excluding steroid dienone is 2. The highest BCUT2D eigenvalue weighted by Gasteiger charge is 2.38. The average molecular weight is 458 g/mol. The van der Waals surface area contributed by atoms with Crippen LogP contribution in [0.3, 0.4) is 0 Å². The summed E-state index contributed by atoms with van der Waals surface area (Å²) in [5.74, 6) is -6.23. The van der Waals surface area contributed by atoms with E-state index in [4.69, 9.17) is 0 Å². The topological polar surface area (TPSA) is 9.23 Å². The van der Waals surface area contributed by atoms with Crippen LogP contribution in [0.1, 0.15) is 49.7 Å². The van der Waals surface area contributed by atoms with Gasteiger partial charge in [0.2, 0.25) is 5.75 Å². The Labute approximate surface area is 180 Å². The van der Waals surface area contributed by atoms with E-state index in [0.29, 0.717) is 41.5 Å². The van der Waals surface area contributed by atoms with Gasteiger partial charge in [0.15, 0.2) is 11.6 Å². The first-order valence-electron chi connectivity index (χ1n) is 10.5. The number of benzene rings is 2. The first-order chi connectivity index (χ1) is 15.1. The van der Waals surface area contributed by atoms with E-state index in [-0.39, 0.29) is 5.92 Å². The van der Waals surface area contributed by atoms with Gasteiger partial charge in [-0.25, -0.2) is 17.6 Å². The van der Waals surface area contributed by atoms with Gasteiger partial charge in [-0.05, 0) is 91.7 Å². The Balaban J connectivity index is 1.72. The van der Waals surface area contributed by atoms with Crippen molar-refractivity contribution in [2.24, 2.45) is 11.8 Å². The summed E-state index contributed by atoms with van der Waals surface area (Å²) in [4.78, 5) is 0. The van der Waals surface area contributed by atoms with Crippen molar-refractivity contribution in [3.05, 3.63) is 64.7 Å². The molecule has 0 heterocycles. The predicted octanol–water partition coefficient (Wildman–Crippen LogP) is 7.83. The molecule has 1 saturated carbocycles. The van der Waals surface area contributed by atoms with E-state index >= 15 is 8.78 Å². The fraction of sp³-hybridized carbons (Fsp3) is 0.417. The van der Waals surface area contributed by atoms with Crippen molar-refractivity contribution in [3.63, 3.8) is 0 Å². The lowest BCUT2D eigenvalue weighted by Gasteiger charge is -2.40. The molecule has 0 aliphatic heterocycles. The zero-order valence-electron chi connectivity index (χ0n) is 17.2. The van der Waals surface area contributed by atoms with Crippen molar-refractivity contribution in [3.8, 4) is 16.9 Å². The second kappa shape index (κ2) is 8.45.